The average Bonchev–Trinajstić information content (AvgIpc) is 3.14. The molecule has 7 heteroatoms. The molecule has 1 amide bonds. The molecule has 0 bridgehead atoms. The van der Waals surface area contributed by atoms with Crippen LogP contribution in [0.1, 0.15) is 30.0 Å². The Morgan fingerprint density at radius 1 is 1.15 bits per heavy atom. The summed E-state index contributed by atoms with van der Waals surface area (Å²) in [5.41, 5.74) is 2.22. The molecule has 2 aromatic carbocycles. The van der Waals surface area contributed by atoms with Crippen molar-refractivity contribution in [2.24, 2.45) is 0 Å². The van der Waals surface area contributed by atoms with Gasteiger partial charge in [0, 0.05) is 0 Å². The highest BCUT2D eigenvalue weighted by Gasteiger charge is 2.13. The van der Waals surface area contributed by atoms with E-state index in [-0.39, 0.29) is 24.3 Å². The second-order valence-corrected chi connectivity index (χ2v) is 6.98. The molecule has 140 valence electrons. The van der Waals surface area contributed by atoms with Crippen molar-refractivity contribution < 1.29 is 13.9 Å². The van der Waals surface area contributed by atoms with Gasteiger partial charge >= 0.3 is 0 Å². The molecule has 6 nitrogen and oxygen atoms in total. The molecular formula is C20H21N3O3S. The Labute approximate surface area is 162 Å². The van der Waals surface area contributed by atoms with E-state index in [2.05, 4.69) is 15.5 Å². The molecule has 1 N–H and O–H groups in total. The number of carbonyl (C=O) groups excluding carboxylic acids is 1. The second kappa shape index (κ2) is 9.23. The van der Waals surface area contributed by atoms with Crippen molar-refractivity contribution in [3.63, 3.8) is 0 Å². The Morgan fingerprint density at radius 2 is 1.89 bits per heavy atom. The van der Waals surface area contributed by atoms with Crippen LogP contribution in [-0.2, 0) is 11.4 Å². The summed E-state index contributed by atoms with van der Waals surface area (Å²) < 4.78 is 11.1. The van der Waals surface area contributed by atoms with Crippen LogP contribution in [-0.4, -0.2) is 21.9 Å². The number of ether oxygens (including phenoxy) is 1. The first-order valence-corrected chi connectivity index (χ1v) is 9.57. The number of hydrogen-bond acceptors (Lipinski definition) is 6. The van der Waals surface area contributed by atoms with Gasteiger partial charge in [-0.15, -0.1) is 10.2 Å². The Morgan fingerprint density at radius 3 is 2.63 bits per heavy atom. The highest BCUT2D eigenvalue weighted by molar-refractivity contribution is 7.99. The van der Waals surface area contributed by atoms with Crippen LogP contribution in [0.4, 0.5) is 0 Å². The van der Waals surface area contributed by atoms with Gasteiger partial charge in [0.15, 0.2) is 6.61 Å². The van der Waals surface area contributed by atoms with Crippen molar-refractivity contribution in [2.75, 3.05) is 5.75 Å². The number of aryl methyl sites for hydroxylation is 1. The van der Waals surface area contributed by atoms with E-state index in [1.54, 1.807) is 0 Å². The Bertz CT molecular complexity index is 866. The molecule has 0 saturated carbocycles. The van der Waals surface area contributed by atoms with Crippen molar-refractivity contribution >= 4 is 17.7 Å². The average molecular weight is 383 g/mol. The van der Waals surface area contributed by atoms with Crippen molar-refractivity contribution in [3.8, 4) is 5.75 Å². The molecule has 0 radical (unpaired) electrons. The number of carbonyl (C=O) groups is 1. The molecule has 3 aromatic rings. The lowest BCUT2D eigenvalue weighted by molar-refractivity contribution is -0.119. The van der Waals surface area contributed by atoms with Crippen molar-refractivity contribution in [1.29, 1.82) is 0 Å². The minimum atomic E-state index is -0.0907. The lowest BCUT2D eigenvalue weighted by atomic mass is 10.1. The number of benzene rings is 2. The van der Waals surface area contributed by atoms with Gasteiger partial charge < -0.3 is 14.5 Å². The largest absolute Gasteiger partial charge is 0.484 e. The van der Waals surface area contributed by atoms with Gasteiger partial charge in [-0.25, -0.2) is 0 Å². The van der Waals surface area contributed by atoms with E-state index < -0.39 is 0 Å². The summed E-state index contributed by atoms with van der Waals surface area (Å²) in [6.07, 6.45) is 0. The highest BCUT2D eigenvalue weighted by atomic mass is 32.2. The monoisotopic (exact) mass is 383 g/mol. The number of thioether (sulfide) groups is 1. The quantitative estimate of drug-likeness (QED) is 0.594. The van der Waals surface area contributed by atoms with Crippen LogP contribution in [0.25, 0.3) is 0 Å². The smallest absolute Gasteiger partial charge is 0.277 e. The molecule has 0 aliphatic rings. The number of hydrogen-bond donors (Lipinski definition) is 1. The first-order chi connectivity index (χ1) is 13.1. The molecule has 27 heavy (non-hydrogen) atoms. The molecule has 0 unspecified atom stereocenters. The number of aromatic nitrogens is 2. The van der Waals surface area contributed by atoms with Crippen LogP contribution < -0.4 is 10.1 Å². The fourth-order valence-electron chi connectivity index (χ4n) is 2.37. The van der Waals surface area contributed by atoms with Crippen LogP contribution in [0.5, 0.6) is 5.75 Å². The minimum Gasteiger partial charge on any atom is -0.484 e. The number of amides is 1. The van der Waals surface area contributed by atoms with Gasteiger partial charge in [-0.1, -0.05) is 59.8 Å². The van der Waals surface area contributed by atoms with E-state index in [1.165, 1.54) is 17.3 Å². The fourth-order valence-corrected chi connectivity index (χ4v) is 2.96. The number of rotatable bonds is 8. The molecule has 1 heterocycles. The van der Waals surface area contributed by atoms with Crippen molar-refractivity contribution in [2.45, 2.75) is 31.7 Å². The molecule has 0 fully saturated rings. The maximum Gasteiger partial charge on any atom is 0.277 e. The number of nitrogens with zero attached hydrogens (tertiary/aromatic N) is 2. The summed E-state index contributed by atoms with van der Waals surface area (Å²) in [5.74, 6) is 1.22. The van der Waals surface area contributed by atoms with Gasteiger partial charge in [0.25, 0.3) is 11.1 Å². The van der Waals surface area contributed by atoms with Crippen molar-refractivity contribution in [1.82, 2.24) is 15.5 Å². The molecule has 3 rings (SSSR count). The third-order valence-corrected chi connectivity index (χ3v) is 4.65. The van der Waals surface area contributed by atoms with Gasteiger partial charge in [0.2, 0.25) is 5.91 Å². The normalized spacial score (nSPS) is 11.8. The van der Waals surface area contributed by atoms with E-state index in [0.717, 1.165) is 11.3 Å². The third kappa shape index (κ3) is 5.86. The van der Waals surface area contributed by atoms with Crippen LogP contribution in [0.3, 0.4) is 0 Å². The van der Waals surface area contributed by atoms with Gasteiger partial charge in [0.05, 0.1) is 11.8 Å². The van der Waals surface area contributed by atoms with Crippen LogP contribution in [0.15, 0.2) is 64.2 Å². The van der Waals surface area contributed by atoms with Gasteiger partial charge in [-0.3, -0.25) is 4.79 Å². The third-order valence-electron chi connectivity index (χ3n) is 3.84. The van der Waals surface area contributed by atoms with E-state index in [1.807, 2.05) is 68.4 Å². The summed E-state index contributed by atoms with van der Waals surface area (Å²) in [5, 5.41) is 11.2. The molecular weight excluding hydrogens is 362 g/mol. The van der Waals surface area contributed by atoms with Crippen LogP contribution >= 0.6 is 11.8 Å². The minimum absolute atomic E-state index is 0.0551. The zero-order chi connectivity index (χ0) is 19.1. The highest BCUT2D eigenvalue weighted by Crippen LogP contribution is 2.18. The Balaban J connectivity index is 1.43. The summed E-state index contributed by atoms with van der Waals surface area (Å²) >= 11 is 1.20. The lowest BCUT2D eigenvalue weighted by Crippen LogP contribution is -2.28. The molecule has 1 aromatic heterocycles. The van der Waals surface area contributed by atoms with Gasteiger partial charge in [0.1, 0.15) is 5.75 Å². The first-order valence-electron chi connectivity index (χ1n) is 8.59. The summed E-state index contributed by atoms with van der Waals surface area (Å²) in [4.78, 5) is 12.1. The Hall–Kier alpha value is -2.80. The van der Waals surface area contributed by atoms with E-state index >= 15 is 0 Å². The second-order valence-electron chi connectivity index (χ2n) is 6.05. The SMILES string of the molecule is Cc1ccc(OCc2nnc(SCC(=O)N[C@H](C)c3ccccc3)o2)cc1. The molecule has 0 aliphatic carbocycles. The lowest BCUT2D eigenvalue weighted by Gasteiger charge is -2.13. The summed E-state index contributed by atoms with van der Waals surface area (Å²) in [6, 6.07) is 17.5. The van der Waals surface area contributed by atoms with Crippen LogP contribution in [0.2, 0.25) is 0 Å². The molecule has 0 aliphatic heterocycles. The molecule has 0 saturated heterocycles. The summed E-state index contributed by atoms with van der Waals surface area (Å²) in [6.45, 7) is 4.15. The number of nitrogens with one attached hydrogen (secondary N) is 1. The maximum atomic E-state index is 12.1. The van der Waals surface area contributed by atoms with E-state index in [9.17, 15) is 4.79 Å². The zero-order valence-electron chi connectivity index (χ0n) is 15.2. The Kier molecular flexibility index (Phi) is 6.49. The zero-order valence-corrected chi connectivity index (χ0v) is 16.0. The maximum absolute atomic E-state index is 12.1. The van der Waals surface area contributed by atoms with Crippen molar-refractivity contribution in [3.05, 3.63) is 71.6 Å². The predicted molar refractivity (Wildman–Crippen MR) is 104 cm³/mol. The standard InChI is InChI=1S/C20H21N3O3S/c1-14-8-10-17(11-9-14)25-12-19-22-23-20(26-19)27-13-18(24)21-15(2)16-6-4-3-5-7-16/h3-11,15H,12-13H2,1-2H3,(H,21,24)/t15-/m1/s1. The topological polar surface area (TPSA) is 77.2 Å². The summed E-state index contributed by atoms with van der Waals surface area (Å²) in [7, 11) is 0. The van der Waals surface area contributed by atoms with Gasteiger partial charge in [-0.05, 0) is 31.5 Å². The fraction of sp³-hybridized carbons (Fsp3) is 0.250. The van der Waals surface area contributed by atoms with E-state index in [4.69, 9.17) is 9.15 Å². The predicted octanol–water partition coefficient (Wildman–Crippen LogP) is 3.93. The van der Waals surface area contributed by atoms with Crippen LogP contribution in [0, 0.1) is 6.92 Å². The first kappa shape index (κ1) is 19.0. The van der Waals surface area contributed by atoms with Gasteiger partial charge in [-0.2, -0.15) is 0 Å². The molecule has 1 atom stereocenters. The van der Waals surface area contributed by atoms with E-state index in [0.29, 0.717) is 11.1 Å². The molecule has 0 spiro atoms.